The van der Waals surface area contributed by atoms with Crippen molar-refractivity contribution >= 4 is 28.4 Å². The molecule has 0 aliphatic rings. The van der Waals surface area contributed by atoms with Gasteiger partial charge in [-0.25, -0.2) is 0 Å². The van der Waals surface area contributed by atoms with Crippen LogP contribution in [-0.4, -0.2) is 12.4 Å². The third kappa shape index (κ3) is 4.14. The SMILES string of the molecule is O=C(COc1ccc(I)cc1)Cc1ccccc1. The van der Waals surface area contributed by atoms with E-state index in [0.717, 1.165) is 14.9 Å². The van der Waals surface area contributed by atoms with Crippen molar-refractivity contribution in [3.63, 3.8) is 0 Å². The van der Waals surface area contributed by atoms with Crippen LogP contribution in [0.2, 0.25) is 0 Å². The highest BCUT2D eigenvalue weighted by atomic mass is 127. The summed E-state index contributed by atoms with van der Waals surface area (Å²) in [6.07, 6.45) is 0.422. The summed E-state index contributed by atoms with van der Waals surface area (Å²) in [7, 11) is 0. The maximum absolute atomic E-state index is 11.7. The predicted molar refractivity (Wildman–Crippen MR) is 79.8 cm³/mol. The van der Waals surface area contributed by atoms with Crippen LogP contribution in [0, 0.1) is 3.57 Å². The predicted octanol–water partition coefficient (Wildman–Crippen LogP) is 3.48. The third-order valence-corrected chi connectivity index (χ3v) is 3.18. The first-order chi connectivity index (χ1) is 8.74. The minimum Gasteiger partial charge on any atom is -0.486 e. The van der Waals surface area contributed by atoms with Gasteiger partial charge in [-0.2, -0.15) is 0 Å². The first kappa shape index (κ1) is 13.1. The number of benzene rings is 2. The van der Waals surface area contributed by atoms with Crippen LogP contribution < -0.4 is 4.74 Å². The van der Waals surface area contributed by atoms with Gasteiger partial charge in [-0.05, 0) is 52.4 Å². The lowest BCUT2D eigenvalue weighted by atomic mass is 10.1. The molecule has 0 unspecified atom stereocenters. The number of ether oxygens (including phenoxy) is 1. The molecule has 0 aromatic heterocycles. The summed E-state index contributed by atoms with van der Waals surface area (Å²) in [5.41, 5.74) is 1.02. The fourth-order valence-corrected chi connectivity index (χ4v) is 1.93. The Morgan fingerprint density at radius 3 is 2.33 bits per heavy atom. The van der Waals surface area contributed by atoms with E-state index in [1.807, 2.05) is 54.6 Å². The van der Waals surface area contributed by atoms with E-state index in [1.165, 1.54) is 0 Å². The Labute approximate surface area is 120 Å². The van der Waals surface area contributed by atoms with Crippen molar-refractivity contribution in [1.29, 1.82) is 0 Å². The Bertz CT molecular complexity index is 506. The van der Waals surface area contributed by atoms with Gasteiger partial charge in [0.05, 0.1) is 0 Å². The highest BCUT2D eigenvalue weighted by Gasteiger charge is 2.04. The average Bonchev–Trinajstić information content (AvgIpc) is 2.39. The lowest BCUT2D eigenvalue weighted by Gasteiger charge is -2.05. The molecule has 0 amide bonds. The van der Waals surface area contributed by atoms with Crippen LogP contribution >= 0.6 is 22.6 Å². The first-order valence-corrected chi connectivity index (χ1v) is 6.76. The van der Waals surface area contributed by atoms with Crippen LogP contribution in [0.3, 0.4) is 0 Å². The van der Waals surface area contributed by atoms with E-state index in [1.54, 1.807) is 0 Å². The number of carbonyl (C=O) groups excluding carboxylic acids is 1. The summed E-state index contributed by atoms with van der Waals surface area (Å²) in [4.78, 5) is 11.7. The molecule has 92 valence electrons. The summed E-state index contributed by atoms with van der Waals surface area (Å²) < 4.78 is 6.59. The van der Waals surface area contributed by atoms with Crippen molar-refractivity contribution in [3.05, 3.63) is 63.7 Å². The van der Waals surface area contributed by atoms with Crippen LogP contribution in [0.25, 0.3) is 0 Å². The Balaban J connectivity index is 1.83. The van der Waals surface area contributed by atoms with Gasteiger partial charge in [-0.15, -0.1) is 0 Å². The zero-order chi connectivity index (χ0) is 12.8. The van der Waals surface area contributed by atoms with Gasteiger partial charge in [-0.1, -0.05) is 30.3 Å². The zero-order valence-electron chi connectivity index (χ0n) is 9.80. The van der Waals surface area contributed by atoms with Gasteiger partial charge in [-0.3, -0.25) is 4.79 Å². The largest absolute Gasteiger partial charge is 0.486 e. The van der Waals surface area contributed by atoms with Gasteiger partial charge in [0, 0.05) is 9.99 Å². The first-order valence-electron chi connectivity index (χ1n) is 5.68. The van der Waals surface area contributed by atoms with Gasteiger partial charge in [0.1, 0.15) is 12.4 Å². The quantitative estimate of drug-likeness (QED) is 0.771. The van der Waals surface area contributed by atoms with Crippen molar-refractivity contribution in [1.82, 2.24) is 0 Å². The van der Waals surface area contributed by atoms with Crippen molar-refractivity contribution in [2.24, 2.45) is 0 Å². The molecule has 2 aromatic rings. The summed E-state index contributed by atoms with van der Waals surface area (Å²) in [5, 5.41) is 0. The summed E-state index contributed by atoms with van der Waals surface area (Å²) in [5.74, 6) is 0.816. The van der Waals surface area contributed by atoms with E-state index in [-0.39, 0.29) is 12.4 Å². The summed E-state index contributed by atoms with van der Waals surface area (Å²) in [6.45, 7) is 0.121. The number of hydrogen-bond donors (Lipinski definition) is 0. The molecule has 18 heavy (non-hydrogen) atoms. The minimum atomic E-state index is 0.0831. The van der Waals surface area contributed by atoms with E-state index in [9.17, 15) is 4.79 Å². The molecular weight excluding hydrogens is 339 g/mol. The fraction of sp³-hybridized carbons (Fsp3) is 0.133. The topological polar surface area (TPSA) is 26.3 Å². The average molecular weight is 352 g/mol. The summed E-state index contributed by atoms with van der Waals surface area (Å²) in [6, 6.07) is 17.4. The molecule has 0 N–H and O–H groups in total. The van der Waals surface area contributed by atoms with E-state index < -0.39 is 0 Å². The molecule has 0 fully saturated rings. The Kier molecular flexibility index (Phi) is 4.75. The second-order valence-electron chi connectivity index (χ2n) is 3.94. The second-order valence-corrected chi connectivity index (χ2v) is 5.19. The van der Waals surface area contributed by atoms with Crippen molar-refractivity contribution in [3.8, 4) is 5.75 Å². The van der Waals surface area contributed by atoms with Crippen LogP contribution in [-0.2, 0) is 11.2 Å². The Morgan fingerprint density at radius 2 is 1.67 bits per heavy atom. The molecule has 0 atom stereocenters. The van der Waals surface area contributed by atoms with Crippen LogP contribution in [0.4, 0.5) is 0 Å². The molecule has 0 spiro atoms. The van der Waals surface area contributed by atoms with Gasteiger partial charge < -0.3 is 4.74 Å². The van der Waals surface area contributed by atoms with E-state index >= 15 is 0 Å². The van der Waals surface area contributed by atoms with Gasteiger partial charge in [0.2, 0.25) is 0 Å². The number of hydrogen-bond acceptors (Lipinski definition) is 2. The molecule has 0 saturated heterocycles. The summed E-state index contributed by atoms with van der Waals surface area (Å²) >= 11 is 2.23. The lowest BCUT2D eigenvalue weighted by Crippen LogP contribution is -2.13. The van der Waals surface area contributed by atoms with E-state index in [0.29, 0.717) is 6.42 Å². The number of Topliss-reactive ketones (excluding diaryl/α,β-unsaturated/α-hetero) is 1. The van der Waals surface area contributed by atoms with Gasteiger partial charge in [0.15, 0.2) is 5.78 Å². The molecule has 0 radical (unpaired) electrons. The van der Waals surface area contributed by atoms with E-state index in [4.69, 9.17) is 4.74 Å². The van der Waals surface area contributed by atoms with Crippen molar-refractivity contribution in [2.45, 2.75) is 6.42 Å². The zero-order valence-corrected chi connectivity index (χ0v) is 12.0. The van der Waals surface area contributed by atoms with E-state index in [2.05, 4.69) is 22.6 Å². The lowest BCUT2D eigenvalue weighted by molar-refractivity contribution is -0.120. The molecule has 0 aliphatic heterocycles. The normalized spacial score (nSPS) is 10.1. The number of rotatable bonds is 5. The number of carbonyl (C=O) groups is 1. The van der Waals surface area contributed by atoms with Crippen LogP contribution in [0.15, 0.2) is 54.6 Å². The number of ketones is 1. The van der Waals surface area contributed by atoms with Gasteiger partial charge in [0.25, 0.3) is 0 Å². The monoisotopic (exact) mass is 352 g/mol. The second kappa shape index (κ2) is 6.54. The Morgan fingerprint density at radius 1 is 1.00 bits per heavy atom. The molecule has 0 saturated carbocycles. The van der Waals surface area contributed by atoms with Crippen molar-refractivity contribution in [2.75, 3.05) is 6.61 Å². The molecule has 2 nitrogen and oxygen atoms in total. The maximum atomic E-state index is 11.7. The molecule has 0 bridgehead atoms. The molecule has 0 aliphatic carbocycles. The van der Waals surface area contributed by atoms with Crippen molar-refractivity contribution < 1.29 is 9.53 Å². The fourth-order valence-electron chi connectivity index (χ4n) is 1.57. The van der Waals surface area contributed by atoms with Crippen LogP contribution in [0.1, 0.15) is 5.56 Å². The molecule has 3 heteroatoms. The smallest absolute Gasteiger partial charge is 0.174 e. The number of halogens is 1. The minimum absolute atomic E-state index is 0.0831. The maximum Gasteiger partial charge on any atom is 0.174 e. The molecule has 2 aromatic carbocycles. The highest BCUT2D eigenvalue weighted by Crippen LogP contribution is 2.13. The standard InChI is InChI=1S/C15H13IO2/c16-13-6-8-15(9-7-13)18-11-14(17)10-12-4-2-1-3-5-12/h1-9H,10-11H2. The third-order valence-electron chi connectivity index (χ3n) is 2.46. The molecule has 2 rings (SSSR count). The highest BCUT2D eigenvalue weighted by molar-refractivity contribution is 14.1. The van der Waals surface area contributed by atoms with Gasteiger partial charge >= 0.3 is 0 Å². The van der Waals surface area contributed by atoms with Crippen LogP contribution in [0.5, 0.6) is 5.75 Å². The molecule has 0 heterocycles. The Hall–Kier alpha value is -1.36. The molecular formula is C15H13IO2.